The van der Waals surface area contributed by atoms with Crippen LogP contribution in [-0.2, 0) is 9.59 Å². The Morgan fingerprint density at radius 1 is 1.29 bits per heavy atom. The van der Waals surface area contributed by atoms with E-state index in [0.717, 1.165) is 23.9 Å². The molecule has 1 aromatic carbocycles. The highest BCUT2D eigenvalue weighted by Crippen LogP contribution is 2.20. The molecule has 116 valence electrons. The van der Waals surface area contributed by atoms with Crippen molar-refractivity contribution in [2.75, 3.05) is 25.9 Å². The van der Waals surface area contributed by atoms with Gasteiger partial charge in [-0.2, -0.15) is 0 Å². The van der Waals surface area contributed by atoms with Crippen molar-refractivity contribution in [2.24, 2.45) is 0 Å². The van der Waals surface area contributed by atoms with Crippen LogP contribution in [0.2, 0.25) is 0 Å². The number of hydrogen-bond donors (Lipinski definition) is 1. The predicted molar refractivity (Wildman–Crippen MR) is 78.0 cm³/mol. The second-order valence-electron chi connectivity index (χ2n) is 4.52. The second kappa shape index (κ2) is 8.61. The number of amides is 2. The van der Waals surface area contributed by atoms with Gasteiger partial charge in [-0.15, -0.1) is 11.8 Å². The molecule has 0 fully saturated rings. The van der Waals surface area contributed by atoms with Gasteiger partial charge in [-0.25, -0.2) is 8.78 Å². The molecular weight excluding hydrogens is 298 g/mol. The third-order valence-electron chi connectivity index (χ3n) is 2.72. The maximum atomic E-state index is 13.0. The van der Waals surface area contributed by atoms with Crippen LogP contribution in [0.25, 0.3) is 0 Å². The summed E-state index contributed by atoms with van der Waals surface area (Å²) in [5.74, 6) is -1.87. The second-order valence-corrected chi connectivity index (χ2v) is 5.57. The monoisotopic (exact) mass is 316 g/mol. The van der Waals surface area contributed by atoms with E-state index in [1.54, 1.807) is 11.9 Å². The van der Waals surface area contributed by atoms with Gasteiger partial charge in [-0.3, -0.25) is 9.59 Å². The average molecular weight is 316 g/mol. The molecule has 2 amide bonds. The van der Waals surface area contributed by atoms with Crippen molar-refractivity contribution >= 4 is 23.6 Å². The summed E-state index contributed by atoms with van der Waals surface area (Å²) in [5, 5.41) is 2.65. The maximum absolute atomic E-state index is 13.0. The highest BCUT2D eigenvalue weighted by Gasteiger charge is 2.10. The lowest BCUT2D eigenvalue weighted by Gasteiger charge is -2.17. The molecule has 1 rings (SSSR count). The van der Waals surface area contributed by atoms with Gasteiger partial charge in [0.2, 0.25) is 11.8 Å². The minimum Gasteiger partial charge on any atom is -0.356 e. The Bertz CT molecular complexity index is 512. The molecule has 1 aromatic rings. The van der Waals surface area contributed by atoms with Crippen molar-refractivity contribution in [1.29, 1.82) is 0 Å². The Hall–Kier alpha value is -1.63. The van der Waals surface area contributed by atoms with Crippen LogP contribution in [0.1, 0.15) is 13.3 Å². The number of thioether (sulfide) groups is 1. The lowest BCUT2D eigenvalue weighted by molar-refractivity contribution is -0.127. The molecule has 0 spiro atoms. The number of rotatable bonds is 7. The summed E-state index contributed by atoms with van der Waals surface area (Å²) in [5.41, 5.74) is 0. The van der Waals surface area contributed by atoms with Crippen molar-refractivity contribution in [3.63, 3.8) is 0 Å². The minimum absolute atomic E-state index is 0.0992. The SMILES string of the molecule is CC(=O)NCCCN(C)C(=O)CSc1ccc(F)c(F)c1. The molecule has 4 nitrogen and oxygen atoms in total. The van der Waals surface area contributed by atoms with E-state index in [4.69, 9.17) is 0 Å². The zero-order valence-corrected chi connectivity index (χ0v) is 12.8. The van der Waals surface area contributed by atoms with Crippen molar-refractivity contribution in [1.82, 2.24) is 10.2 Å². The number of halogens is 2. The fourth-order valence-electron chi connectivity index (χ4n) is 1.53. The molecule has 7 heteroatoms. The summed E-state index contributed by atoms with van der Waals surface area (Å²) in [6.45, 7) is 2.48. The first-order valence-electron chi connectivity index (χ1n) is 6.46. The van der Waals surface area contributed by atoms with E-state index in [1.165, 1.54) is 13.0 Å². The third-order valence-corrected chi connectivity index (χ3v) is 3.70. The summed E-state index contributed by atoms with van der Waals surface area (Å²) >= 11 is 1.16. The lowest BCUT2D eigenvalue weighted by Crippen LogP contribution is -2.31. The molecule has 0 atom stereocenters. The average Bonchev–Trinajstić information content (AvgIpc) is 2.44. The maximum Gasteiger partial charge on any atom is 0.232 e. The minimum atomic E-state index is -0.920. The van der Waals surface area contributed by atoms with E-state index in [1.807, 2.05) is 0 Å². The molecule has 0 saturated heterocycles. The number of hydrogen-bond acceptors (Lipinski definition) is 3. The number of nitrogens with zero attached hydrogens (tertiary/aromatic N) is 1. The van der Waals surface area contributed by atoms with Gasteiger partial charge < -0.3 is 10.2 Å². The van der Waals surface area contributed by atoms with E-state index >= 15 is 0 Å². The normalized spacial score (nSPS) is 10.3. The summed E-state index contributed by atoms with van der Waals surface area (Å²) in [7, 11) is 1.67. The Morgan fingerprint density at radius 2 is 2.00 bits per heavy atom. The Labute approximate surface area is 126 Å². The summed E-state index contributed by atoms with van der Waals surface area (Å²) in [6.07, 6.45) is 0.664. The van der Waals surface area contributed by atoms with Crippen molar-refractivity contribution < 1.29 is 18.4 Å². The van der Waals surface area contributed by atoms with Gasteiger partial charge in [-0.05, 0) is 24.6 Å². The van der Waals surface area contributed by atoms with Crippen LogP contribution in [0.3, 0.4) is 0 Å². The third kappa shape index (κ3) is 6.57. The first-order chi connectivity index (χ1) is 9.90. The summed E-state index contributed by atoms with van der Waals surface area (Å²) in [6, 6.07) is 3.55. The molecule has 0 aliphatic carbocycles. The number of carbonyl (C=O) groups excluding carboxylic acids is 2. The summed E-state index contributed by atoms with van der Waals surface area (Å²) in [4.78, 5) is 24.6. The van der Waals surface area contributed by atoms with Crippen LogP contribution in [0, 0.1) is 11.6 Å². The smallest absolute Gasteiger partial charge is 0.232 e. The van der Waals surface area contributed by atoms with Gasteiger partial charge in [0.1, 0.15) is 0 Å². The van der Waals surface area contributed by atoms with E-state index in [0.29, 0.717) is 24.4 Å². The number of carbonyl (C=O) groups is 2. The Morgan fingerprint density at radius 3 is 2.62 bits per heavy atom. The van der Waals surface area contributed by atoms with Gasteiger partial charge in [-0.1, -0.05) is 0 Å². The van der Waals surface area contributed by atoms with Crippen molar-refractivity contribution in [3.05, 3.63) is 29.8 Å². The fourth-order valence-corrected chi connectivity index (χ4v) is 2.39. The molecule has 0 aromatic heterocycles. The topological polar surface area (TPSA) is 49.4 Å². The van der Waals surface area contributed by atoms with Crippen LogP contribution in [0.15, 0.2) is 23.1 Å². The van der Waals surface area contributed by atoms with Crippen molar-refractivity contribution in [2.45, 2.75) is 18.2 Å². The van der Waals surface area contributed by atoms with E-state index < -0.39 is 11.6 Å². The fraction of sp³-hybridized carbons (Fsp3) is 0.429. The van der Waals surface area contributed by atoms with Gasteiger partial charge in [0.15, 0.2) is 11.6 Å². The Balaban J connectivity index is 2.31. The molecule has 0 saturated carbocycles. The first kappa shape index (κ1) is 17.4. The molecule has 0 aliphatic heterocycles. The number of benzene rings is 1. The molecule has 0 heterocycles. The molecule has 1 N–H and O–H groups in total. The highest BCUT2D eigenvalue weighted by molar-refractivity contribution is 8.00. The highest BCUT2D eigenvalue weighted by atomic mass is 32.2. The molecular formula is C14H18F2N2O2S. The molecule has 21 heavy (non-hydrogen) atoms. The quantitative estimate of drug-likeness (QED) is 0.619. The standard InChI is InChI=1S/C14H18F2N2O2S/c1-10(19)17-6-3-7-18(2)14(20)9-21-11-4-5-12(15)13(16)8-11/h4-5,8H,3,6-7,9H2,1-2H3,(H,17,19). The van der Waals surface area contributed by atoms with E-state index in [2.05, 4.69) is 5.32 Å². The van der Waals surface area contributed by atoms with E-state index in [-0.39, 0.29) is 17.6 Å². The molecule has 0 aliphatic rings. The van der Waals surface area contributed by atoms with Gasteiger partial charge >= 0.3 is 0 Å². The summed E-state index contributed by atoms with van der Waals surface area (Å²) < 4.78 is 25.8. The molecule has 0 bridgehead atoms. The van der Waals surface area contributed by atoms with Gasteiger partial charge in [0.25, 0.3) is 0 Å². The number of nitrogens with one attached hydrogen (secondary N) is 1. The van der Waals surface area contributed by atoms with Crippen LogP contribution in [-0.4, -0.2) is 42.6 Å². The zero-order chi connectivity index (χ0) is 15.8. The zero-order valence-electron chi connectivity index (χ0n) is 12.0. The van der Waals surface area contributed by atoms with Gasteiger partial charge in [0.05, 0.1) is 5.75 Å². The van der Waals surface area contributed by atoms with Crippen LogP contribution in [0.4, 0.5) is 8.78 Å². The van der Waals surface area contributed by atoms with Gasteiger partial charge in [0, 0.05) is 32.0 Å². The predicted octanol–water partition coefficient (Wildman–Crippen LogP) is 2.04. The molecule has 0 radical (unpaired) electrons. The lowest BCUT2D eigenvalue weighted by atomic mass is 10.3. The molecule has 0 unspecified atom stereocenters. The van der Waals surface area contributed by atoms with Crippen LogP contribution in [0.5, 0.6) is 0 Å². The largest absolute Gasteiger partial charge is 0.356 e. The Kier molecular flexibility index (Phi) is 7.14. The van der Waals surface area contributed by atoms with Crippen LogP contribution < -0.4 is 5.32 Å². The van der Waals surface area contributed by atoms with E-state index in [9.17, 15) is 18.4 Å². The van der Waals surface area contributed by atoms with Crippen LogP contribution >= 0.6 is 11.8 Å². The van der Waals surface area contributed by atoms with Crippen molar-refractivity contribution in [3.8, 4) is 0 Å². The first-order valence-corrected chi connectivity index (χ1v) is 7.45.